The number of carbonyl (C=O) groups is 1. The Kier molecular flexibility index (Phi) is 6.41. The summed E-state index contributed by atoms with van der Waals surface area (Å²) in [4.78, 5) is 11.3. The molecule has 0 atom stereocenters. The molecule has 5 nitrogen and oxygen atoms in total. The van der Waals surface area contributed by atoms with E-state index in [-0.39, 0.29) is 40.4 Å². The molecule has 0 radical (unpaired) electrons. The van der Waals surface area contributed by atoms with Crippen molar-refractivity contribution in [1.29, 1.82) is 0 Å². The van der Waals surface area contributed by atoms with Gasteiger partial charge in [0.1, 0.15) is 11.5 Å². The second-order valence-electron chi connectivity index (χ2n) is 11.3. The Morgan fingerprint density at radius 1 is 1.05 bits per heavy atom. The van der Waals surface area contributed by atoms with E-state index in [4.69, 9.17) is 9.26 Å². The number of hydrogen-bond acceptors (Lipinski definition) is 4. The van der Waals surface area contributed by atoms with Gasteiger partial charge in [-0.05, 0) is 80.5 Å². The van der Waals surface area contributed by atoms with Crippen LogP contribution in [0.3, 0.4) is 0 Å². The van der Waals surface area contributed by atoms with Gasteiger partial charge in [0.05, 0.1) is 23.3 Å². The minimum Gasteiger partial charge on any atom is -0.478 e. The van der Waals surface area contributed by atoms with Gasteiger partial charge >= 0.3 is 12.1 Å². The molecule has 1 aromatic heterocycles. The number of nitrogens with zero attached hydrogens (tertiary/aromatic N) is 1. The van der Waals surface area contributed by atoms with Gasteiger partial charge in [0.2, 0.25) is 0 Å². The van der Waals surface area contributed by atoms with Crippen LogP contribution in [0, 0.1) is 5.41 Å². The fourth-order valence-electron chi connectivity index (χ4n) is 6.20. The molecule has 1 N–H and O–H groups in total. The van der Waals surface area contributed by atoms with Crippen LogP contribution in [0.15, 0.2) is 59.1 Å². The summed E-state index contributed by atoms with van der Waals surface area (Å²) in [6.07, 6.45) is 7.09. The van der Waals surface area contributed by atoms with Crippen LogP contribution in [-0.4, -0.2) is 21.8 Å². The quantitative estimate of drug-likeness (QED) is 0.313. The molecular weight excluding hydrogens is 507 g/mol. The highest BCUT2D eigenvalue weighted by molar-refractivity contribution is 5.88. The van der Waals surface area contributed by atoms with E-state index in [1.165, 1.54) is 12.1 Å². The van der Waals surface area contributed by atoms with Crippen LogP contribution in [0.25, 0.3) is 17.3 Å². The predicted molar refractivity (Wildman–Crippen MR) is 139 cm³/mol. The van der Waals surface area contributed by atoms with Gasteiger partial charge in [-0.2, -0.15) is 13.2 Å². The number of benzene rings is 2. The molecule has 2 bridgehead atoms. The van der Waals surface area contributed by atoms with E-state index < -0.39 is 17.7 Å². The molecule has 1 heterocycles. The first-order valence-corrected chi connectivity index (χ1v) is 13.5. The van der Waals surface area contributed by atoms with Crippen molar-refractivity contribution in [3.63, 3.8) is 0 Å². The Bertz CT molecular complexity index is 1390. The van der Waals surface area contributed by atoms with Crippen molar-refractivity contribution in [2.45, 2.75) is 75.7 Å². The summed E-state index contributed by atoms with van der Waals surface area (Å²) >= 11 is 0. The molecule has 39 heavy (non-hydrogen) atoms. The number of rotatable bonds is 8. The highest BCUT2D eigenvalue weighted by atomic mass is 19.4. The number of allylic oxidation sites excluding steroid dienone is 1. The van der Waals surface area contributed by atoms with Crippen molar-refractivity contribution in [1.82, 2.24) is 5.16 Å². The van der Waals surface area contributed by atoms with E-state index in [0.29, 0.717) is 11.3 Å². The van der Waals surface area contributed by atoms with Gasteiger partial charge in [-0.1, -0.05) is 47.6 Å². The van der Waals surface area contributed by atoms with Gasteiger partial charge in [0, 0.05) is 17.0 Å². The van der Waals surface area contributed by atoms with Crippen molar-refractivity contribution in [2.75, 3.05) is 0 Å². The number of carboxylic acids is 1. The van der Waals surface area contributed by atoms with Crippen LogP contribution < -0.4 is 0 Å². The Morgan fingerprint density at radius 3 is 2.44 bits per heavy atom. The summed E-state index contributed by atoms with van der Waals surface area (Å²) in [7, 11) is 0. The maximum atomic E-state index is 13.8. The SMILES string of the molecule is O=C(O)c1cccc(C=CC23CCC(OCc4c(-c5ccccc5C(F)(F)F)noc4C4CC4)(CC2)CC3)c1. The molecule has 204 valence electrons. The molecule has 7 rings (SSSR count). The molecule has 2 aromatic carbocycles. The third kappa shape index (κ3) is 5.14. The normalized spacial score (nSPS) is 24.9. The summed E-state index contributed by atoms with van der Waals surface area (Å²) in [5, 5.41) is 13.4. The number of ether oxygens (including phenoxy) is 1. The standard InChI is InChI=1S/C31H30F3NO4/c32-31(33,34)25-7-2-1-6-23(25)26-24(27(39-35-26)21-8-9-21)19-38-30-15-12-29(13-16-30,14-17-30)11-10-20-4-3-5-22(18-20)28(36)37/h1-7,10-11,18,21H,8-9,12-17,19H2,(H,36,37). The Balaban J connectivity index is 1.18. The van der Waals surface area contributed by atoms with E-state index in [1.807, 2.05) is 12.1 Å². The van der Waals surface area contributed by atoms with E-state index in [9.17, 15) is 23.1 Å². The molecule has 0 amide bonds. The fourth-order valence-corrected chi connectivity index (χ4v) is 6.20. The van der Waals surface area contributed by atoms with Gasteiger partial charge < -0.3 is 14.4 Å². The molecule has 0 unspecified atom stereocenters. The monoisotopic (exact) mass is 537 g/mol. The molecule has 3 aromatic rings. The summed E-state index contributed by atoms with van der Waals surface area (Å²) in [6.45, 7) is 0.182. The summed E-state index contributed by atoms with van der Waals surface area (Å²) in [6, 6.07) is 12.4. The molecule has 4 aliphatic rings. The highest BCUT2D eigenvalue weighted by Crippen LogP contribution is 2.55. The van der Waals surface area contributed by atoms with Gasteiger partial charge in [0.15, 0.2) is 0 Å². The van der Waals surface area contributed by atoms with Crippen LogP contribution in [0.4, 0.5) is 13.2 Å². The molecule has 8 heteroatoms. The number of alkyl halides is 3. The Morgan fingerprint density at radius 2 is 1.77 bits per heavy atom. The molecule has 4 saturated carbocycles. The molecule has 0 saturated heterocycles. The topological polar surface area (TPSA) is 72.6 Å². The average molecular weight is 538 g/mol. The average Bonchev–Trinajstić information content (AvgIpc) is 3.70. The largest absolute Gasteiger partial charge is 0.478 e. The van der Waals surface area contributed by atoms with Crippen molar-refractivity contribution < 1.29 is 32.3 Å². The molecular formula is C31H30F3NO4. The van der Waals surface area contributed by atoms with E-state index in [0.717, 1.165) is 63.0 Å². The zero-order valence-corrected chi connectivity index (χ0v) is 21.5. The molecule has 4 aliphatic carbocycles. The lowest BCUT2D eigenvalue weighted by molar-refractivity contribution is -0.137. The smallest absolute Gasteiger partial charge is 0.417 e. The number of hydrogen-bond donors (Lipinski definition) is 1. The first-order valence-electron chi connectivity index (χ1n) is 13.5. The lowest BCUT2D eigenvalue weighted by atomic mass is 9.58. The van der Waals surface area contributed by atoms with Crippen molar-refractivity contribution >= 4 is 12.0 Å². The minimum atomic E-state index is -4.50. The fraction of sp³-hybridized carbons (Fsp3) is 0.419. The minimum absolute atomic E-state index is 0.0279. The Hall–Kier alpha value is -3.39. The zero-order valence-electron chi connectivity index (χ0n) is 21.5. The van der Waals surface area contributed by atoms with E-state index >= 15 is 0 Å². The third-order valence-corrected chi connectivity index (χ3v) is 8.78. The molecule has 0 spiro atoms. The highest BCUT2D eigenvalue weighted by Gasteiger charge is 2.48. The van der Waals surface area contributed by atoms with Gasteiger partial charge in [0.25, 0.3) is 0 Å². The first-order chi connectivity index (χ1) is 18.7. The van der Waals surface area contributed by atoms with Crippen molar-refractivity contribution in [3.05, 3.63) is 82.6 Å². The van der Waals surface area contributed by atoms with Gasteiger partial charge in [-0.25, -0.2) is 4.79 Å². The van der Waals surface area contributed by atoms with E-state index in [2.05, 4.69) is 11.2 Å². The number of aromatic carboxylic acids is 1. The number of carboxylic acid groups (broad SMARTS) is 1. The first kappa shape index (κ1) is 25.9. The number of aromatic nitrogens is 1. The van der Waals surface area contributed by atoms with Crippen LogP contribution in [0.1, 0.15) is 90.1 Å². The van der Waals surface area contributed by atoms with Gasteiger partial charge in [-0.15, -0.1) is 0 Å². The van der Waals surface area contributed by atoms with Crippen molar-refractivity contribution in [3.8, 4) is 11.3 Å². The van der Waals surface area contributed by atoms with E-state index in [1.54, 1.807) is 24.3 Å². The summed E-state index contributed by atoms with van der Waals surface area (Å²) in [5.41, 5.74) is 1.06. The Labute approximate surface area is 224 Å². The van der Waals surface area contributed by atoms with Crippen LogP contribution in [0.2, 0.25) is 0 Å². The maximum Gasteiger partial charge on any atom is 0.417 e. The summed E-state index contributed by atoms with van der Waals surface area (Å²) < 4.78 is 53.6. The molecule has 4 fully saturated rings. The van der Waals surface area contributed by atoms with Crippen molar-refractivity contribution in [2.24, 2.45) is 5.41 Å². The lowest BCUT2D eigenvalue weighted by Gasteiger charge is -2.52. The predicted octanol–water partition coefficient (Wildman–Crippen LogP) is 8.26. The third-order valence-electron chi connectivity index (χ3n) is 8.78. The van der Waals surface area contributed by atoms with Crippen LogP contribution in [-0.2, 0) is 17.5 Å². The maximum absolute atomic E-state index is 13.8. The summed E-state index contributed by atoms with van der Waals surface area (Å²) in [5.74, 6) is -0.0928. The number of fused-ring (bicyclic) bond motifs is 3. The molecule has 0 aliphatic heterocycles. The second kappa shape index (κ2) is 9.66. The number of halogens is 3. The second-order valence-corrected chi connectivity index (χ2v) is 11.3. The lowest BCUT2D eigenvalue weighted by Crippen LogP contribution is -2.46. The van der Waals surface area contributed by atoms with Crippen LogP contribution >= 0.6 is 0 Å². The zero-order chi connectivity index (χ0) is 27.3. The van der Waals surface area contributed by atoms with Crippen LogP contribution in [0.5, 0.6) is 0 Å². The van der Waals surface area contributed by atoms with Gasteiger partial charge in [-0.3, -0.25) is 0 Å².